The van der Waals surface area contributed by atoms with Crippen LogP contribution in [-0.4, -0.2) is 72.0 Å². The standard InChI is InChI=1S/C18H31ClN4O2/c1-20-18(21-10-5-11-25-13-12-24-4)22-14-17(23(2)3)15-6-8-16(19)9-7-15/h6-9,17H,5,10-14H2,1-4H3,(H2,20,21,22). The largest absolute Gasteiger partial charge is 0.382 e. The normalized spacial score (nSPS) is 13.1. The maximum absolute atomic E-state index is 5.98. The highest BCUT2D eigenvalue weighted by Crippen LogP contribution is 2.19. The Bertz CT molecular complexity index is 494. The average molecular weight is 371 g/mol. The molecule has 1 atom stereocenters. The lowest BCUT2D eigenvalue weighted by atomic mass is 10.1. The first kappa shape index (κ1) is 21.7. The molecule has 0 aliphatic carbocycles. The predicted octanol–water partition coefficient (Wildman–Crippen LogP) is 2.16. The molecule has 142 valence electrons. The summed E-state index contributed by atoms with van der Waals surface area (Å²) in [5, 5.41) is 7.43. The SMILES string of the molecule is CN=C(NCCCOCCOC)NCC(c1ccc(Cl)cc1)N(C)C. The van der Waals surface area contributed by atoms with Gasteiger partial charge in [-0.25, -0.2) is 0 Å². The van der Waals surface area contributed by atoms with Gasteiger partial charge < -0.3 is 25.0 Å². The topological polar surface area (TPSA) is 58.1 Å². The second kappa shape index (κ2) is 12.9. The van der Waals surface area contributed by atoms with Crippen LogP contribution in [-0.2, 0) is 9.47 Å². The number of benzene rings is 1. The summed E-state index contributed by atoms with van der Waals surface area (Å²) in [4.78, 5) is 6.44. The molecule has 0 aliphatic heterocycles. The second-order valence-corrected chi connectivity index (χ2v) is 6.31. The highest BCUT2D eigenvalue weighted by atomic mass is 35.5. The number of hydrogen-bond donors (Lipinski definition) is 2. The van der Waals surface area contributed by atoms with Gasteiger partial charge in [0.1, 0.15) is 0 Å². The van der Waals surface area contributed by atoms with Crippen molar-refractivity contribution in [2.75, 3.05) is 61.2 Å². The smallest absolute Gasteiger partial charge is 0.191 e. The molecule has 0 aromatic heterocycles. The Morgan fingerprint density at radius 1 is 1.16 bits per heavy atom. The van der Waals surface area contributed by atoms with Crippen LogP contribution < -0.4 is 10.6 Å². The molecule has 1 unspecified atom stereocenters. The van der Waals surface area contributed by atoms with Gasteiger partial charge in [-0.3, -0.25) is 4.99 Å². The van der Waals surface area contributed by atoms with Crippen molar-refractivity contribution in [1.82, 2.24) is 15.5 Å². The first-order valence-electron chi connectivity index (χ1n) is 8.51. The summed E-state index contributed by atoms with van der Waals surface area (Å²) in [7, 11) is 7.58. The lowest BCUT2D eigenvalue weighted by Crippen LogP contribution is -2.42. The predicted molar refractivity (Wildman–Crippen MR) is 105 cm³/mol. The van der Waals surface area contributed by atoms with Crippen molar-refractivity contribution in [3.8, 4) is 0 Å². The number of nitrogens with zero attached hydrogens (tertiary/aromatic N) is 2. The fourth-order valence-electron chi connectivity index (χ4n) is 2.32. The van der Waals surface area contributed by atoms with Gasteiger partial charge in [0.15, 0.2) is 5.96 Å². The Labute approximate surface area is 156 Å². The Kier molecular flexibility index (Phi) is 11.2. The van der Waals surface area contributed by atoms with E-state index in [1.54, 1.807) is 14.2 Å². The highest BCUT2D eigenvalue weighted by molar-refractivity contribution is 6.30. The Hall–Kier alpha value is -1.34. The van der Waals surface area contributed by atoms with Crippen LogP contribution in [0.4, 0.5) is 0 Å². The summed E-state index contributed by atoms with van der Waals surface area (Å²) >= 11 is 5.98. The van der Waals surface area contributed by atoms with Crippen LogP contribution in [0.25, 0.3) is 0 Å². The van der Waals surface area contributed by atoms with Crippen LogP contribution in [0.1, 0.15) is 18.0 Å². The third-order valence-corrected chi connectivity index (χ3v) is 4.01. The van der Waals surface area contributed by atoms with Crippen LogP contribution in [0.15, 0.2) is 29.3 Å². The number of ether oxygens (including phenoxy) is 2. The van der Waals surface area contributed by atoms with Crippen molar-refractivity contribution in [1.29, 1.82) is 0 Å². The van der Waals surface area contributed by atoms with Crippen molar-refractivity contribution in [3.05, 3.63) is 34.9 Å². The summed E-state index contributed by atoms with van der Waals surface area (Å²) in [6, 6.07) is 8.19. The summed E-state index contributed by atoms with van der Waals surface area (Å²) in [6.45, 7) is 3.53. The zero-order chi connectivity index (χ0) is 18.5. The summed E-state index contributed by atoms with van der Waals surface area (Å²) in [6.07, 6.45) is 0.915. The van der Waals surface area contributed by atoms with E-state index in [-0.39, 0.29) is 6.04 Å². The molecule has 1 aromatic rings. The van der Waals surface area contributed by atoms with Crippen LogP contribution >= 0.6 is 11.6 Å². The van der Waals surface area contributed by atoms with Crippen molar-refractivity contribution >= 4 is 17.6 Å². The van der Waals surface area contributed by atoms with Gasteiger partial charge in [0.2, 0.25) is 0 Å². The van der Waals surface area contributed by atoms with E-state index in [1.165, 1.54) is 5.56 Å². The second-order valence-electron chi connectivity index (χ2n) is 5.87. The number of hydrogen-bond acceptors (Lipinski definition) is 4. The molecule has 0 heterocycles. The van der Waals surface area contributed by atoms with Crippen molar-refractivity contribution in [3.63, 3.8) is 0 Å². The number of halogens is 1. The van der Waals surface area contributed by atoms with Gasteiger partial charge in [0.05, 0.1) is 19.3 Å². The van der Waals surface area contributed by atoms with Crippen molar-refractivity contribution < 1.29 is 9.47 Å². The molecular weight excluding hydrogens is 340 g/mol. The van der Waals surface area contributed by atoms with Gasteiger partial charge in [-0.15, -0.1) is 0 Å². The van der Waals surface area contributed by atoms with Crippen molar-refractivity contribution in [2.24, 2.45) is 4.99 Å². The summed E-state index contributed by atoms with van der Waals surface area (Å²) < 4.78 is 10.4. The number of guanidine groups is 1. The quantitative estimate of drug-likeness (QED) is 0.355. The molecule has 7 heteroatoms. The summed E-state index contributed by atoms with van der Waals surface area (Å²) in [5.74, 6) is 0.790. The van der Waals surface area contributed by atoms with E-state index in [2.05, 4.69) is 46.8 Å². The molecule has 0 aliphatic rings. The van der Waals surface area contributed by atoms with Gasteiger partial charge in [0.25, 0.3) is 0 Å². The summed E-state index contributed by atoms with van der Waals surface area (Å²) in [5.41, 5.74) is 1.21. The van der Waals surface area contributed by atoms with Crippen LogP contribution in [0.2, 0.25) is 5.02 Å². The van der Waals surface area contributed by atoms with Crippen LogP contribution in [0.5, 0.6) is 0 Å². The van der Waals surface area contributed by atoms with Gasteiger partial charge in [-0.1, -0.05) is 23.7 Å². The molecule has 6 nitrogen and oxygen atoms in total. The lowest BCUT2D eigenvalue weighted by Gasteiger charge is -2.26. The third kappa shape index (κ3) is 9.07. The first-order chi connectivity index (χ1) is 12.1. The number of likely N-dealkylation sites (N-methyl/N-ethyl adjacent to an activating group) is 1. The van der Waals surface area contributed by atoms with Crippen LogP contribution in [0, 0.1) is 0 Å². The molecule has 25 heavy (non-hydrogen) atoms. The van der Waals surface area contributed by atoms with E-state index in [1.807, 2.05) is 12.1 Å². The van der Waals surface area contributed by atoms with Crippen LogP contribution in [0.3, 0.4) is 0 Å². The molecule has 0 bridgehead atoms. The van der Waals surface area contributed by atoms with E-state index in [4.69, 9.17) is 21.1 Å². The van der Waals surface area contributed by atoms with Gasteiger partial charge in [-0.2, -0.15) is 0 Å². The zero-order valence-corrected chi connectivity index (χ0v) is 16.5. The molecule has 0 radical (unpaired) electrons. The minimum Gasteiger partial charge on any atom is -0.382 e. The minimum atomic E-state index is 0.230. The van der Waals surface area contributed by atoms with E-state index >= 15 is 0 Å². The highest BCUT2D eigenvalue weighted by Gasteiger charge is 2.14. The Balaban J connectivity index is 2.37. The first-order valence-corrected chi connectivity index (χ1v) is 8.89. The van der Waals surface area contributed by atoms with Crippen molar-refractivity contribution in [2.45, 2.75) is 12.5 Å². The molecule has 0 spiro atoms. The van der Waals surface area contributed by atoms with Gasteiger partial charge in [0, 0.05) is 38.9 Å². The molecule has 0 saturated heterocycles. The van der Waals surface area contributed by atoms with Gasteiger partial charge >= 0.3 is 0 Å². The number of nitrogens with one attached hydrogen (secondary N) is 2. The molecule has 1 aromatic carbocycles. The van der Waals surface area contributed by atoms with E-state index in [0.717, 1.165) is 30.5 Å². The van der Waals surface area contributed by atoms with E-state index < -0.39 is 0 Å². The molecule has 0 saturated carbocycles. The molecule has 2 N–H and O–H groups in total. The Morgan fingerprint density at radius 2 is 1.88 bits per heavy atom. The zero-order valence-electron chi connectivity index (χ0n) is 15.7. The Morgan fingerprint density at radius 3 is 2.48 bits per heavy atom. The maximum atomic E-state index is 5.98. The third-order valence-electron chi connectivity index (χ3n) is 3.75. The van der Waals surface area contributed by atoms with E-state index in [0.29, 0.717) is 19.8 Å². The number of methoxy groups -OCH3 is 1. The van der Waals surface area contributed by atoms with E-state index in [9.17, 15) is 0 Å². The fraction of sp³-hybridized carbons (Fsp3) is 0.611. The molecule has 0 fully saturated rings. The number of aliphatic imine (C=N–C) groups is 1. The molecule has 0 amide bonds. The monoisotopic (exact) mass is 370 g/mol. The molecule has 1 rings (SSSR count). The molecular formula is C18H31ClN4O2. The lowest BCUT2D eigenvalue weighted by molar-refractivity contribution is 0.0698. The maximum Gasteiger partial charge on any atom is 0.191 e. The number of rotatable bonds is 11. The average Bonchev–Trinajstić information content (AvgIpc) is 2.60. The minimum absolute atomic E-state index is 0.230. The van der Waals surface area contributed by atoms with Gasteiger partial charge in [-0.05, 0) is 38.2 Å². The fourth-order valence-corrected chi connectivity index (χ4v) is 2.45.